The minimum atomic E-state index is -0.900. The van der Waals surface area contributed by atoms with Gasteiger partial charge in [-0.3, -0.25) is 9.59 Å². The summed E-state index contributed by atoms with van der Waals surface area (Å²) in [4.78, 5) is 24.1. The summed E-state index contributed by atoms with van der Waals surface area (Å²) in [7, 11) is 0. The van der Waals surface area contributed by atoms with E-state index >= 15 is 0 Å². The van der Waals surface area contributed by atoms with Gasteiger partial charge < -0.3 is 9.84 Å². The van der Waals surface area contributed by atoms with Crippen molar-refractivity contribution in [1.82, 2.24) is 0 Å². The summed E-state index contributed by atoms with van der Waals surface area (Å²) in [6, 6.07) is 0. The van der Waals surface area contributed by atoms with Gasteiger partial charge in [-0.25, -0.2) is 0 Å². The third kappa shape index (κ3) is 8.94. The highest BCUT2D eigenvalue weighted by molar-refractivity contribution is 5.81. The molecule has 0 aliphatic heterocycles. The Kier molecular flexibility index (Phi) is 11.4. The monoisotopic (exact) mass is 380 g/mol. The molecule has 0 aromatic heterocycles. The number of carboxylic acids is 1. The lowest BCUT2D eigenvalue weighted by molar-refractivity contribution is -0.164. The average Bonchev–Trinajstić information content (AvgIpc) is 2.65. The Hall–Kier alpha value is -1.32. The number of carboxylic acid groups (broad SMARTS) is 1. The molecule has 156 valence electrons. The maximum Gasteiger partial charge on any atom is 0.310 e. The molecular weight excluding hydrogens is 340 g/mol. The van der Waals surface area contributed by atoms with Crippen LogP contribution in [0, 0.1) is 23.7 Å². The molecule has 27 heavy (non-hydrogen) atoms. The van der Waals surface area contributed by atoms with E-state index in [-0.39, 0.29) is 12.1 Å². The Morgan fingerprint density at radius 3 is 2.07 bits per heavy atom. The third-order valence-corrected chi connectivity index (χ3v) is 5.87. The molecule has 0 fully saturated rings. The van der Waals surface area contributed by atoms with Crippen LogP contribution in [-0.2, 0) is 14.3 Å². The van der Waals surface area contributed by atoms with E-state index in [4.69, 9.17) is 4.74 Å². The number of carbonyl (C=O) groups excluding carboxylic acids is 1. The van der Waals surface area contributed by atoms with Crippen molar-refractivity contribution in [2.45, 2.75) is 98.0 Å². The van der Waals surface area contributed by atoms with Gasteiger partial charge in [0, 0.05) is 0 Å². The fourth-order valence-corrected chi connectivity index (χ4v) is 3.74. The molecule has 0 aromatic rings. The fourth-order valence-electron chi connectivity index (χ4n) is 3.74. The number of esters is 1. The lowest BCUT2D eigenvalue weighted by atomic mass is 9.83. The molecule has 4 heteroatoms. The summed E-state index contributed by atoms with van der Waals surface area (Å²) in [5, 5.41) is 9.38. The Balaban J connectivity index is 2.46. The maximum absolute atomic E-state index is 12.7. The van der Waals surface area contributed by atoms with Gasteiger partial charge in [-0.15, -0.1) is 0 Å². The molecule has 1 aliphatic rings. The first-order valence-corrected chi connectivity index (χ1v) is 10.9. The van der Waals surface area contributed by atoms with Gasteiger partial charge >= 0.3 is 11.9 Å². The van der Waals surface area contributed by atoms with Crippen LogP contribution in [-0.4, -0.2) is 23.1 Å². The van der Waals surface area contributed by atoms with Gasteiger partial charge in [0.2, 0.25) is 0 Å². The zero-order chi connectivity index (χ0) is 20.2. The van der Waals surface area contributed by atoms with Gasteiger partial charge in [0.25, 0.3) is 0 Å². The number of allylic oxidation sites excluding steroid dienone is 2. The molecular formula is C23H40O4. The zero-order valence-corrected chi connectivity index (χ0v) is 17.8. The van der Waals surface area contributed by atoms with Crippen molar-refractivity contribution in [1.29, 1.82) is 0 Å². The molecule has 4 unspecified atom stereocenters. The molecule has 0 amide bonds. The largest absolute Gasteiger partial charge is 0.481 e. The predicted molar refractivity (Wildman–Crippen MR) is 109 cm³/mol. The van der Waals surface area contributed by atoms with E-state index in [1.165, 1.54) is 32.1 Å². The van der Waals surface area contributed by atoms with Gasteiger partial charge in [-0.1, -0.05) is 78.4 Å². The summed E-state index contributed by atoms with van der Waals surface area (Å²) < 4.78 is 5.85. The first-order chi connectivity index (χ1) is 12.9. The van der Waals surface area contributed by atoms with Crippen molar-refractivity contribution in [2.75, 3.05) is 0 Å². The number of unbranched alkanes of at least 4 members (excludes halogenated alkanes) is 4. The zero-order valence-electron chi connectivity index (χ0n) is 17.8. The quantitative estimate of drug-likeness (QED) is 0.242. The van der Waals surface area contributed by atoms with E-state index in [1.54, 1.807) is 0 Å². The molecule has 0 radical (unpaired) electrons. The highest BCUT2D eigenvalue weighted by Gasteiger charge is 2.36. The second-order valence-electron chi connectivity index (χ2n) is 8.59. The normalized spacial score (nSPS) is 21.8. The number of aliphatic carboxylic acids is 1. The Morgan fingerprint density at radius 1 is 0.963 bits per heavy atom. The average molecular weight is 381 g/mol. The third-order valence-electron chi connectivity index (χ3n) is 5.87. The van der Waals surface area contributed by atoms with E-state index in [9.17, 15) is 14.7 Å². The Bertz CT molecular complexity index is 469. The van der Waals surface area contributed by atoms with Gasteiger partial charge in [0.1, 0.15) is 6.10 Å². The van der Waals surface area contributed by atoms with E-state index in [1.807, 2.05) is 12.2 Å². The van der Waals surface area contributed by atoms with Crippen LogP contribution in [0.5, 0.6) is 0 Å². The summed E-state index contributed by atoms with van der Waals surface area (Å²) >= 11 is 0. The van der Waals surface area contributed by atoms with Crippen LogP contribution in [0.4, 0.5) is 0 Å². The summed E-state index contributed by atoms with van der Waals surface area (Å²) in [6.45, 7) is 8.76. The number of hydrogen-bond acceptors (Lipinski definition) is 3. The van der Waals surface area contributed by atoms with Crippen LogP contribution in [0.1, 0.15) is 91.9 Å². The molecule has 1 rings (SSSR count). The van der Waals surface area contributed by atoms with Crippen molar-refractivity contribution in [2.24, 2.45) is 23.7 Å². The van der Waals surface area contributed by atoms with Crippen LogP contribution in [0.25, 0.3) is 0 Å². The second-order valence-corrected chi connectivity index (χ2v) is 8.59. The number of hydrogen-bond donors (Lipinski definition) is 1. The van der Waals surface area contributed by atoms with Gasteiger partial charge in [-0.2, -0.15) is 0 Å². The van der Waals surface area contributed by atoms with Gasteiger partial charge in [-0.05, 0) is 37.5 Å². The van der Waals surface area contributed by atoms with Gasteiger partial charge in [0.05, 0.1) is 11.8 Å². The fraction of sp³-hybridized carbons (Fsp3) is 0.826. The van der Waals surface area contributed by atoms with Crippen molar-refractivity contribution < 1.29 is 19.4 Å². The van der Waals surface area contributed by atoms with Crippen LogP contribution in [0.15, 0.2) is 12.2 Å². The summed E-state index contributed by atoms with van der Waals surface area (Å²) in [6.07, 6.45) is 13.7. The Morgan fingerprint density at radius 2 is 1.52 bits per heavy atom. The molecule has 0 bridgehead atoms. The molecule has 0 aromatic carbocycles. The van der Waals surface area contributed by atoms with Crippen LogP contribution >= 0.6 is 0 Å². The van der Waals surface area contributed by atoms with Gasteiger partial charge in [0.15, 0.2) is 0 Å². The van der Waals surface area contributed by atoms with E-state index in [0.717, 1.165) is 25.2 Å². The maximum atomic E-state index is 12.7. The van der Waals surface area contributed by atoms with E-state index in [2.05, 4.69) is 27.7 Å². The predicted octanol–water partition coefficient (Wildman–Crippen LogP) is 6.00. The minimum absolute atomic E-state index is 0.0986. The second kappa shape index (κ2) is 13.0. The molecule has 4 atom stereocenters. The minimum Gasteiger partial charge on any atom is -0.481 e. The summed E-state index contributed by atoms with van der Waals surface area (Å²) in [5.74, 6) is -1.34. The number of carbonyl (C=O) groups is 2. The number of ether oxygens (including phenoxy) is 1. The number of rotatable bonds is 13. The van der Waals surface area contributed by atoms with Crippen molar-refractivity contribution in [3.05, 3.63) is 12.2 Å². The molecule has 4 nitrogen and oxygen atoms in total. The van der Waals surface area contributed by atoms with Crippen molar-refractivity contribution >= 4 is 11.9 Å². The summed E-state index contributed by atoms with van der Waals surface area (Å²) in [5.41, 5.74) is 0. The van der Waals surface area contributed by atoms with Crippen LogP contribution < -0.4 is 0 Å². The SMILES string of the molecule is CCC(C)C(CCCCCCCC(C)C)OC(=O)C1CC=CCC1C(=O)O. The molecule has 1 aliphatic carbocycles. The molecule has 0 saturated carbocycles. The molecule has 0 spiro atoms. The van der Waals surface area contributed by atoms with E-state index < -0.39 is 17.8 Å². The van der Waals surface area contributed by atoms with Crippen LogP contribution in [0.2, 0.25) is 0 Å². The van der Waals surface area contributed by atoms with E-state index in [0.29, 0.717) is 18.8 Å². The van der Waals surface area contributed by atoms with Crippen molar-refractivity contribution in [3.63, 3.8) is 0 Å². The highest BCUT2D eigenvalue weighted by atomic mass is 16.5. The smallest absolute Gasteiger partial charge is 0.310 e. The first-order valence-electron chi connectivity index (χ1n) is 10.9. The Labute approximate surface area is 165 Å². The first kappa shape index (κ1) is 23.7. The lowest BCUT2D eigenvalue weighted by Gasteiger charge is -2.28. The molecule has 0 heterocycles. The lowest BCUT2D eigenvalue weighted by Crippen LogP contribution is -2.36. The highest BCUT2D eigenvalue weighted by Crippen LogP contribution is 2.29. The standard InChI is InChI=1S/C23H40O4/c1-5-18(4)21(16-10-8-6-7-9-13-17(2)3)27-23(26)20-15-12-11-14-19(20)22(24)25/h11-12,17-21H,5-10,13-16H2,1-4H3,(H,24,25). The topological polar surface area (TPSA) is 63.6 Å². The molecule has 1 N–H and O–H groups in total. The molecule has 0 saturated heterocycles. The van der Waals surface area contributed by atoms with Crippen LogP contribution in [0.3, 0.4) is 0 Å². The van der Waals surface area contributed by atoms with Crippen molar-refractivity contribution in [3.8, 4) is 0 Å².